The number of rotatable bonds is 3. The first-order valence-electron chi connectivity index (χ1n) is 7.62. The lowest BCUT2D eigenvalue weighted by molar-refractivity contribution is 0.0697. The summed E-state index contributed by atoms with van der Waals surface area (Å²) in [5.41, 5.74) is 0.0428. The van der Waals surface area contributed by atoms with Gasteiger partial charge in [0, 0.05) is 38.4 Å². The number of carbonyl (C=O) groups is 1. The molecule has 1 aliphatic heterocycles. The van der Waals surface area contributed by atoms with Crippen molar-refractivity contribution >= 4 is 15.9 Å². The SMILES string of the molecule is O=C(c1ccc(=O)[nH]c1)N1CCN(S(=O)(=O)c2ccc(F)cc2)CC1. The lowest BCUT2D eigenvalue weighted by Crippen LogP contribution is -2.50. The smallest absolute Gasteiger partial charge is 0.255 e. The number of nitrogens with one attached hydrogen (secondary N) is 1. The number of hydrogen-bond donors (Lipinski definition) is 1. The first-order valence-corrected chi connectivity index (χ1v) is 9.06. The van der Waals surface area contributed by atoms with Gasteiger partial charge in [0.15, 0.2) is 0 Å². The summed E-state index contributed by atoms with van der Waals surface area (Å²) in [6.45, 7) is 0.764. The molecule has 1 aromatic carbocycles. The minimum Gasteiger partial charge on any atom is -0.336 e. The molecule has 0 bridgehead atoms. The van der Waals surface area contributed by atoms with Crippen molar-refractivity contribution < 1.29 is 17.6 Å². The molecule has 25 heavy (non-hydrogen) atoms. The Bertz CT molecular complexity index is 912. The molecule has 1 aliphatic rings. The van der Waals surface area contributed by atoms with Gasteiger partial charge in [-0.2, -0.15) is 4.31 Å². The highest BCUT2D eigenvalue weighted by molar-refractivity contribution is 7.89. The Kier molecular flexibility index (Phi) is 4.69. The number of halogens is 1. The summed E-state index contributed by atoms with van der Waals surface area (Å²) in [6.07, 6.45) is 1.34. The second-order valence-electron chi connectivity index (χ2n) is 5.59. The number of aromatic nitrogens is 1. The predicted octanol–water partition coefficient (Wildman–Crippen LogP) is 0.661. The molecular weight excluding hydrogens is 349 g/mol. The van der Waals surface area contributed by atoms with Gasteiger partial charge in [-0.1, -0.05) is 0 Å². The van der Waals surface area contributed by atoms with Gasteiger partial charge in [-0.3, -0.25) is 9.59 Å². The van der Waals surface area contributed by atoms with E-state index in [9.17, 15) is 22.4 Å². The van der Waals surface area contributed by atoms with Crippen LogP contribution in [0.2, 0.25) is 0 Å². The maximum atomic E-state index is 13.0. The summed E-state index contributed by atoms with van der Waals surface area (Å²) < 4.78 is 39.3. The molecule has 2 heterocycles. The second-order valence-corrected chi connectivity index (χ2v) is 7.53. The molecule has 0 unspecified atom stereocenters. The number of pyridine rings is 1. The van der Waals surface area contributed by atoms with Crippen LogP contribution in [0.15, 0.2) is 52.3 Å². The number of H-pyrrole nitrogens is 1. The molecule has 0 atom stereocenters. The fraction of sp³-hybridized carbons (Fsp3) is 0.250. The van der Waals surface area contributed by atoms with Gasteiger partial charge in [0.2, 0.25) is 15.6 Å². The molecule has 0 spiro atoms. The van der Waals surface area contributed by atoms with Crippen molar-refractivity contribution in [3.05, 3.63) is 64.3 Å². The highest BCUT2D eigenvalue weighted by Crippen LogP contribution is 2.18. The van der Waals surface area contributed by atoms with Crippen LogP contribution < -0.4 is 5.56 Å². The van der Waals surface area contributed by atoms with Crippen molar-refractivity contribution in [1.82, 2.24) is 14.2 Å². The number of carbonyl (C=O) groups excluding carboxylic acids is 1. The zero-order chi connectivity index (χ0) is 18.0. The summed E-state index contributed by atoms with van der Waals surface area (Å²) in [5.74, 6) is -0.773. The lowest BCUT2D eigenvalue weighted by Gasteiger charge is -2.34. The predicted molar refractivity (Wildman–Crippen MR) is 88.1 cm³/mol. The molecule has 0 aliphatic carbocycles. The first-order chi connectivity index (χ1) is 11.9. The Labute approximate surface area is 143 Å². The van der Waals surface area contributed by atoms with Crippen LogP contribution in [-0.4, -0.2) is 54.7 Å². The molecule has 132 valence electrons. The number of piperazine rings is 1. The van der Waals surface area contributed by atoms with Crippen molar-refractivity contribution in [2.45, 2.75) is 4.90 Å². The van der Waals surface area contributed by atoms with Gasteiger partial charge in [-0.15, -0.1) is 0 Å². The van der Waals surface area contributed by atoms with Crippen molar-refractivity contribution in [2.75, 3.05) is 26.2 Å². The van der Waals surface area contributed by atoms with Crippen molar-refractivity contribution in [3.63, 3.8) is 0 Å². The third kappa shape index (κ3) is 3.62. The number of hydrogen-bond acceptors (Lipinski definition) is 4. The summed E-state index contributed by atoms with van der Waals surface area (Å²) in [5, 5.41) is 0. The van der Waals surface area contributed by atoms with Crippen molar-refractivity contribution in [3.8, 4) is 0 Å². The summed E-state index contributed by atoms with van der Waals surface area (Å²) in [7, 11) is -3.72. The van der Waals surface area contributed by atoms with Crippen LogP contribution in [0.4, 0.5) is 4.39 Å². The van der Waals surface area contributed by atoms with E-state index >= 15 is 0 Å². The standard InChI is InChI=1S/C16H16FN3O4S/c17-13-2-4-14(5-3-13)25(23,24)20-9-7-19(8-10-20)16(22)12-1-6-15(21)18-11-12/h1-6,11H,7-10H2,(H,18,21). The second kappa shape index (κ2) is 6.77. The molecule has 1 fully saturated rings. The quantitative estimate of drug-likeness (QED) is 0.865. The number of sulfonamides is 1. The number of aromatic amines is 1. The minimum absolute atomic E-state index is 0.0225. The van der Waals surface area contributed by atoms with Crippen LogP contribution in [0, 0.1) is 5.82 Å². The Morgan fingerprint density at radius 2 is 1.64 bits per heavy atom. The average Bonchev–Trinajstić information content (AvgIpc) is 2.62. The Balaban J connectivity index is 1.69. The van der Waals surface area contributed by atoms with E-state index in [2.05, 4.69) is 4.98 Å². The summed E-state index contributed by atoms with van der Waals surface area (Å²) in [4.78, 5) is 27.4. The fourth-order valence-corrected chi connectivity index (χ4v) is 4.04. The maximum Gasteiger partial charge on any atom is 0.255 e. The Hall–Kier alpha value is -2.52. The normalized spacial score (nSPS) is 16.0. The first kappa shape index (κ1) is 17.3. The van der Waals surface area contributed by atoms with Gasteiger partial charge in [-0.25, -0.2) is 12.8 Å². The summed E-state index contributed by atoms with van der Waals surface area (Å²) >= 11 is 0. The van der Waals surface area contributed by atoms with Crippen LogP contribution >= 0.6 is 0 Å². The van der Waals surface area contributed by atoms with Gasteiger partial charge in [-0.05, 0) is 30.3 Å². The molecule has 0 radical (unpaired) electrons. The molecule has 1 aromatic heterocycles. The van der Waals surface area contributed by atoms with Crippen LogP contribution in [0.3, 0.4) is 0 Å². The van der Waals surface area contributed by atoms with Gasteiger partial charge < -0.3 is 9.88 Å². The van der Waals surface area contributed by atoms with E-state index in [1.165, 1.54) is 39.7 Å². The number of benzene rings is 1. The van der Waals surface area contributed by atoms with E-state index in [1.807, 2.05) is 0 Å². The van der Waals surface area contributed by atoms with Gasteiger partial charge in [0.1, 0.15) is 5.82 Å². The van der Waals surface area contributed by atoms with Crippen LogP contribution in [0.25, 0.3) is 0 Å². The number of nitrogens with zero attached hydrogens (tertiary/aromatic N) is 2. The summed E-state index contributed by atoms with van der Waals surface area (Å²) in [6, 6.07) is 7.35. The lowest BCUT2D eigenvalue weighted by atomic mass is 10.2. The van der Waals surface area contributed by atoms with Crippen LogP contribution in [-0.2, 0) is 10.0 Å². The maximum absolute atomic E-state index is 13.0. The van der Waals surface area contributed by atoms with E-state index in [4.69, 9.17) is 0 Å². The molecule has 7 nitrogen and oxygen atoms in total. The molecule has 9 heteroatoms. The Morgan fingerprint density at radius 1 is 1.00 bits per heavy atom. The molecule has 1 saturated heterocycles. The van der Waals surface area contributed by atoms with E-state index in [1.54, 1.807) is 0 Å². The third-order valence-electron chi connectivity index (χ3n) is 4.01. The van der Waals surface area contributed by atoms with Gasteiger partial charge >= 0.3 is 0 Å². The topological polar surface area (TPSA) is 90.6 Å². The molecule has 1 N–H and O–H groups in total. The van der Waals surface area contributed by atoms with E-state index in [0.717, 1.165) is 12.1 Å². The van der Waals surface area contributed by atoms with Crippen LogP contribution in [0.5, 0.6) is 0 Å². The monoisotopic (exact) mass is 365 g/mol. The third-order valence-corrected chi connectivity index (χ3v) is 5.92. The van der Waals surface area contributed by atoms with E-state index in [0.29, 0.717) is 5.56 Å². The highest BCUT2D eigenvalue weighted by Gasteiger charge is 2.30. The van der Waals surface area contributed by atoms with E-state index < -0.39 is 15.8 Å². The van der Waals surface area contributed by atoms with Gasteiger partial charge in [0.25, 0.3) is 5.91 Å². The fourth-order valence-electron chi connectivity index (χ4n) is 2.61. The molecular formula is C16H16FN3O4S. The van der Waals surface area contributed by atoms with Gasteiger partial charge in [0.05, 0.1) is 10.5 Å². The Morgan fingerprint density at radius 3 is 2.20 bits per heavy atom. The molecule has 1 amide bonds. The van der Waals surface area contributed by atoms with Crippen molar-refractivity contribution in [2.24, 2.45) is 0 Å². The molecule has 0 saturated carbocycles. The largest absolute Gasteiger partial charge is 0.336 e. The zero-order valence-corrected chi connectivity index (χ0v) is 14.0. The minimum atomic E-state index is -3.72. The molecule has 2 aromatic rings. The van der Waals surface area contributed by atoms with Crippen molar-refractivity contribution in [1.29, 1.82) is 0 Å². The highest BCUT2D eigenvalue weighted by atomic mass is 32.2. The molecule has 3 rings (SSSR count). The van der Waals surface area contributed by atoms with E-state index in [-0.39, 0.29) is 42.5 Å². The zero-order valence-electron chi connectivity index (χ0n) is 13.2. The average molecular weight is 365 g/mol. The number of amides is 1. The van der Waals surface area contributed by atoms with Crippen LogP contribution in [0.1, 0.15) is 10.4 Å².